The number of para-hydroxylation sites is 2. The van der Waals surface area contributed by atoms with Crippen molar-refractivity contribution in [3.63, 3.8) is 0 Å². The Morgan fingerprint density at radius 2 is 1.92 bits per heavy atom. The Morgan fingerprint density at radius 3 is 2.62 bits per heavy atom. The average molecular weight is 382 g/mol. The molecule has 1 amide bonds. The van der Waals surface area contributed by atoms with Gasteiger partial charge in [0.1, 0.15) is 6.54 Å². The van der Waals surface area contributed by atoms with E-state index in [2.05, 4.69) is 4.98 Å². The summed E-state index contributed by atoms with van der Waals surface area (Å²) in [5.74, 6) is -1.54. The van der Waals surface area contributed by atoms with E-state index in [9.17, 15) is 18.0 Å². The molecule has 0 fully saturated rings. The molecule has 0 N–H and O–H groups in total. The number of halogens is 4. The maximum atomic E-state index is 13.3. The second kappa shape index (κ2) is 6.99. The van der Waals surface area contributed by atoms with Gasteiger partial charge in [0.05, 0.1) is 11.0 Å². The number of aromatic nitrogens is 2. The molecular formula is C18H15ClF3N3O. The Morgan fingerprint density at radius 1 is 1.19 bits per heavy atom. The van der Waals surface area contributed by atoms with Crippen LogP contribution in [0, 0.1) is 0 Å². The van der Waals surface area contributed by atoms with Crippen LogP contribution in [0.1, 0.15) is 11.4 Å². The molecule has 4 nitrogen and oxygen atoms in total. The fraction of sp³-hybridized carbons (Fsp3) is 0.222. The average Bonchev–Trinajstić information content (AvgIpc) is 2.94. The summed E-state index contributed by atoms with van der Waals surface area (Å²) < 4.78 is 40.8. The van der Waals surface area contributed by atoms with Crippen molar-refractivity contribution in [2.24, 2.45) is 0 Å². The van der Waals surface area contributed by atoms with E-state index < -0.39 is 24.5 Å². The number of likely N-dealkylation sites (N-methyl/N-ethyl adjacent to an activating group) is 1. The molecule has 3 aromatic rings. The standard InChI is InChI=1S/C18H15ClF3N3O/c1-24(10-12-5-4-6-13(19)9-12)16(26)11-25-15-8-3-2-7-14(15)23-17(25)18(20,21)22/h2-9H,10-11H2,1H3. The second-order valence-corrected chi connectivity index (χ2v) is 6.32. The van der Waals surface area contributed by atoms with Gasteiger partial charge in [-0.2, -0.15) is 13.2 Å². The molecule has 0 unspecified atom stereocenters. The highest BCUT2D eigenvalue weighted by atomic mass is 35.5. The van der Waals surface area contributed by atoms with Gasteiger partial charge < -0.3 is 9.47 Å². The van der Waals surface area contributed by atoms with Gasteiger partial charge in [0, 0.05) is 18.6 Å². The third-order valence-electron chi connectivity index (χ3n) is 3.94. The molecule has 26 heavy (non-hydrogen) atoms. The van der Waals surface area contributed by atoms with Crippen LogP contribution in [-0.4, -0.2) is 27.4 Å². The highest BCUT2D eigenvalue weighted by Gasteiger charge is 2.38. The number of carbonyl (C=O) groups excluding carboxylic acids is 1. The van der Waals surface area contributed by atoms with Gasteiger partial charge >= 0.3 is 6.18 Å². The molecule has 0 bridgehead atoms. The largest absolute Gasteiger partial charge is 0.449 e. The van der Waals surface area contributed by atoms with Crippen LogP contribution in [0.4, 0.5) is 13.2 Å². The fourth-order valence-corrected chi connectivity index (χ4v) is 2.92. The molecule has 0 aliphatic heterocycles. The van der Waals surface area contributed by atoms with E-state index >= 15 is 0 Å². The minimum atomic E-state index is -4.65. The summed E-state index contributed by atoms with van der Waals surface area (Å²) in [4.78, 5) is 17.5. The maximum Gasteiger partial charge on any atom is 0.449 e. The molecule has 8 heteroatoms. The molecule has 0 aliphatic carbocycles. The lowest BCUT2D eigenvalue weighted by molar-refractivity contribution is -0.148. The van der Waals surface area contributed by atoms with Crippen molar-refractivity contribution in [2.75, 3.05) is 7.05 Å². The lowest BCUT2D eigenvalue weighted by atomic mass is 10.2. The van der Waals surface area contributed by atoms with E-state index in [1.54, 1.807) is 36.4 Å². The first-order chi connectivity index (χ1) is 12.3. The number of nitrogens with zero attached hydrogens (tertiary/aromatic N) is 3. The molecule has 1 heterocycles. The van der Waals surface area contributed by atoms with Crippen LogP contribution in [0.5, 0.6) is 0 Å². The van der Waals surface area contributed by atoms with Crippen LogP contribution >= 0.6 is 11.6 Å². The van der Waals surface area contributed by atoms with Crippen LogP contribution in [-0.2, 0) is 24.1 Å². The molecule has 1 aromatic heterocycles. The molecule has 0 saturated heterocycles. The number of amides is 1. The highest BCUT2D eigenvalue weighted by molar-refractivity contribution is 6.30. The van der Waals surface area contributed by atoms with Crippen molar-refractivity contribution in [3.8, 4) is 0 Å². The van der Waals surface area contributed by atoms with Gasteiger partial charge in [0.25, 0.3) is 0 Å². The minimum Gasteiger partial charge on any atom is -0.340 e. The number of benzene rings is 2. The summed E-state index contributed by atoms with van der Waals surface area (Å²) >= 11 is 5.92. The summed E-state index contributed by atoms with van der Waals surface area (Å²) in [5.41, 5.74) is 1.26. The molecule has 136 valence electrons. The molecule has 0 atom stereocenters. The summed E-state index contributed by atoms with van der Waals surface area (Å²) in [6, 6.07) is 13.2. The van der Waals surface area contributed by atoms with Crippen molar-refractivity contribution >= 4 is 28.5 Å². The van der Waals surface area contributed by atoms with E-state index in [1.807, 2.05) is 0 Å². The van der Waals surface area contributed by atoms with Crippen LogP contribution in [0.2, 0.25) is 5.02 Å². The van der Waals surface area contributed by atoms with Gasteiger partial charge in [-0.05, 0) is 29.8 Å². The third kappa shape index (κ3) is 3.83. The topological polar surface area (TPSA) is 38.1 Å². The Labute approximate surface area is 152 Å². The van der Waals surface area contributed by atoms with Crippen LogP contribution in [0.3, 0.4) is 0 Å². The van der Waals surface area contributed by atoms with E-state index in [4.69, 9.17) is 11.6 Å². The molecular weight excluding hydrogens is 367 g/mol. The minimum absolute atomic E-state index is 0.199. The van der Waals surface area contributed by atoms with Gasteiger partial charge in [-0.3, -0.25) is 4.79 Å². The maximum absolute atomic E-state index is 13.3. The van der Waals surface area contributed by atoms with Crippen molar-refractivity contribution in [1.82, 2.24) is 14.5 Å². The Hall–Kier alpha value is -2.54. The quantitative estimate of drug-likeness (QED) is 0.673. The first-order valence-electron chi connectivity index (χ1n) is 7.76. The van der Waals surface area contributed by atoms with E-state index in [0.29, 0.717) is 5.02 Å². The Balaban J connectivity index is 1.87. The summed E-state index contributed by atoms with van der Waals surface area (Å²) in [6.45, 7) is -0.209. The molecule has 0 saturated carbocycles. The van der Waals surface area contributed by atoms with E-state index in [-0.39, 0.29) is 17.6 Å². The zero-order valence-electron chi connectivity index (χ0n) is 13.8. The van der Waals surface area contributed by atoms with Gasteiger partial charge in [0.2, 0.25) is 11.7 Å². The summed E-state index contributed by atoms with van der Waals surface area (Å²) in [6.07, 6.45) is -4.65. The highest BCUT2D eigenvalue weighted by Crippen LogP contribution is 2.31. The van der Waals surface area contributed by atoms with Gasteiger partial charge in [0.15, 0.2) is 0 Å². The monoisotopic (exact) mass is 381 g/mol. The van der Waals surface area contributed by atoms with E-state index in [1.165, 1.54) is 24.1 Å². The molecule has 0 aliphatic rings. The molecule has 0 radical (unpaired) electrons. The SMILES string of the molecule is CN(Cc1cccc(Cl)c1)C(=O)Cn1c(C(F)(F)F)nc2ccccc21. The predicted molar refractivity (Wildman–Crippen MR) is 92.7 cm³/mol. The Bertz CT molecular complexity index is 952. The molecule has 3 rings (SSSR count). The summed E-state index contributed by atoms with van der Waals surface area (Å²) in [5, 5.41) is 0.531. The first-order valence-corrected chi connectivity index (χ1v) is 8.14. The van der Waals surface area contributed by atoms with Crippen LogP contribution < -0.4 is 0 Å². The lowest BCUT2D eigenvalue weighted by Crippen LogP contribution is -2.31. The predicted octanol–water partition coefficient (Wildman–Crippen LogP) is 4.37. The first kappa shape index (κ1) is 18.3. The number of fused-ring (bicyclic) bond motifs is 1. The van der Waals surface area contributed by atoms with Crippen molar-refractivity contribution in [1.29, 1.82) is 0 Å². The smallest absolute Gasteiger partial charge is 0.340 e. The lowest BCUT2D eigenvalue weighted by Gasteiger charge is -2.19. The van der Waals surface area contributed by atoms with Crippen molar-refractivity contribution in [2.45, 2.75) is 19.3 Å². The van der Waals surface area contributed by atoms with Crippen LogP contribution in [0.25, 0.3) is 11.0 Å². The van der Waals surface area contributed by atoms with Gasteiger partial charge in [-0.25, -0.2) is 4.98 Å². The Kier molecular flexibility index (Phi) is 4.91. The molecule has 0 spiro atoms. The number of carbonyl (C=O) groups is 1. The number of hydrogen-bond donors (Lipinski definition) is 0. The zero-order valence-corrected chi connectivity index (χ0v) is 14.6. The van der Waals surface area contributed by atoms with Gasteiger partial charge in [-0.1, -0.05) is 35.9 Å². The number of rotatable bonds is 4. The number of hydrogen-bond acceptors (Lipinski definition) is 2. The van der Waals surface area contributed by atoms with Crippen molar-refractivity contribution in [3.05, 3.63) is 64.9 Å². The van der Waals surface area contributed by atoms with Gasteiger partial charge in [-0.15, -0.1) is 0 Å². The zero-order chi connectivity index (χ0) is 18.9. The second-order valence-electron chi connectivity index (χ2n) is 5.89. The number of imidazole rings is 1. The van der Waals surface area contributed by atoms with E-state index in [0.717, 1.165) is 10.1 Å². The van der Waals surface area contributed by atoms with Crippen molar-refractivity contribution < 1.29 is 18.0 Å². The normalized spacial score (nSPS) is 11.7. The van der Waals surface area contributed by atoms with Crippen LogP contribution in [0.15, 0.2) is 48.5 Å². The fourth-order valence-electron chi connectivity index (χ4n) is 2.71. The number of alkyl halides is 3. The summed E-state index contributed by atoms with van der Waals surface area (Å²) in [7, 11) is 1.54. The third-order valence-corrected chi connectivity index (χ3v) is 4.17. The molecule has 2 aromatic carbocycles.